The number of hydrogen-bond acceptors (Lipinski definition) is 3. The molecule has 0 radical (unpaired) electrons. The van der Waals surface area contributed by atoms with E-state index in [1.165, 1.54) is 25.7 Å². The fraction of sp³-hybridized carbons (Fsp3) is 0.486. The number of anilines is 3. The first-order chi connectivity index (χ1) is 19.4. The van der Waals surface area contributed by atoms with E-state index in [1.54, 1.807) is 0 Å². The van der Waals surface area contributed by atoms with Crippen LogP contribution >= 0.6 is 0 Å². The highest BCUT2D eigenvalue weighted by molar-refractivity contribution is 5.93. The molecule has 0 atom stereocenters. The molecule has 222 valence electrons. The van der Waals surface area contributed by atoms with E-state index in [0.29, 0.717) is 18.6 Å². The summed E-state index contributed by atoms with van der Waals surface area (Å²) in [4.78, 5) is 15.7. The van der Waals surface area contributed by atoms with E-state index in [4.69, 9.17) is 0 Å². The van der Waals surface area contributed by atoms with Crippen molar-refractivity contribution < 1.29 is 9.90 Å². The van der Waals surface area contributed by atoms with Gasteiger partial charge in [-0.15, -0.1) is 0 Å². The topological polar surface area (TPSA) is 52.6 Å². The van der Waals surface area contributed by atoms with Gasteiger partial charge in [-0.1, -0.05) is 111 Å². The molecule has 0 bridgehead atoms. The van der Waals surface area contributed by atoms with Crippen molar-refractivity contribution >= 4 is 23.0 Å². The molecule has 4 heteroatoms. The van der Waals surface area contributed by atoms with Crippen LogP contribution in [-0.4, -0.2) is 17.6 Å². The molecular weight excluding hydrogens is 504 g/mol. The van der Waals surface area contributed by atoms with Crippen LogP contribution < -0.4 is 10.2 Å². The molecule has 0 aliphatic carbocycles. The van der Waals surface area contributed by atoms with Gasteiger partial charge in [0.05, 0.1) is 0 Å². The molecular formula is C37H52N2O2. The van der Waals surface area contributed by atoms with Gasteiger partial charge >= 0.3 is 0 Å². The zero-order valence-electron chi connectivity index (χ0n) is 26.5. The number of aromatic hydroxyl groups is 1. The number of carbonyl (C=O) groups excluding carboxylic acids is 1. The van der Waals surface area contributed by atoms with E-state index >= 15 is 0 Å². The number of hydrogen-bond donors (Lipinski definition) is 2. The highest BCUT2D eigenvalue weighted by atomic mass is 16.3. The lowest BCUT2D eigenvalue weighted by Gasteiger charge is -2.28. The number of phenols is 1. The van der Waals surface area contributed by atoms with Crippen molar-refractivity contribution in [2.75, 3.05) is 16.8 Å². The molecule has 0 saturated heterocycles. The van der Waals surface area contributed by atoms with Crippen molar-refractivity contribution in [3.8, 4) is 5.75 Å². The molecule has 0 aliphatic rings. The minimum Gasteiger partial charge on any atom is -0.507 e. The van der Waals surface area contributed by atoms with Crippen molar-refractivity contribution in [2.45, 2.75) is 111 Å². The van der Waals surface area contributed by atoms with Gasteiger partial charge in [-0.2, -0.15) is 0 Å². The summed E-state index contributed by atoms with van der Waals surface area (Å²) >= 11 is 0. The zero-order valence-corrected chi connectivity index (χ0v) is 26.5. The fourth-order valence-electron chi connectivity index (χ4n) is 5.23. The number of benzene rings is 3. The lowest BCUT2D eigenvalue weighted by atomic mass is 9.78. The average Bonchev–Trinajstić information content (AvgIpc) is 2.92. The number of para-hydroxylation sites is 1. The van der Waals surface area contributed by atoms with E-state index in [-0.39, 0.29) is 16.7 Å². The van der Waals surface area contributed by atoms with Gasteiger partial charge in [-0.25, -0.2) is 0 Å². The maximum absolute atomic E-state index is 13.8. The van der Waals surface area contributed by atoms with E-state index in [1.807, 2.05) is 35.2 Å². The summed E-state index contributed by atoms with van der Waals surface area (Å²) in [7, 11) is 0. The summed E-state index contributed by atoms with van der Waals surface area (Å²) in [6.07, 6.45) is 8.20. The van der Waals surface area contributed by atoms with Crippen molar-refractivity contribution in [3.63, 3.8) is 0 Å². The van der Waals surface area contributed by atoms with Gasteiger partial charge in [0.15, 0.2) is 0 Å². The van der Waals surface area contributed by atoms with Crippen molar-refractivity contribution in [3.05, 3.63) is 83.4 Å². The number of nitrogens with one attached hydrogen (secondary N) is 1. The summed E-state index contributed by atoms with van der Waals surface area (Å²) in [5.41, 5.74) is 5.59. The lowest BCUT2D eigenvalue weighted by Crippen LogP contribution is -2.32. The Morgan fingerprint density at radius 1 is 0.756 bits per heavy atom. The Hall–Kier alpha value is -3.27. The van der Waals surface area contributed by atoms with E-state index in [9.17, 15) is 9.90 Å². The van der Waals surface area contributed by atoms with Crippen LogP contribution in [0, 0.1) is 0 Å². The average molecular weight is 557 g/mol. The first-order valence-electron chi connectivity index (χ1n) is 15.5. The molecule has 0 fully saturated rings. The van der Waals surface area contributed by atoms with Crippen LogP contribution in [0.3, 0.4) is 0 Å². The van der Waals surface area contributed by atoms with Gasteiger partial charge in [-0.3, -0.25) is 4.79 Å². The molecule has 0 saturated carbocycles. The second-order valence-electron chi connectivity index (χ2n) is 13.4. The highest BCUT2D eigenvalue weighted by Gasteiger charge is 2.27. The van der Waals surface area contributed by atoms with Gasteiger partial charge in [-0.05, 0) is 76.8 Å². The van der Waals surface area contributed by atoms with Crippen LogP contribution in [0.15, 0.2) is 66.7 Å². The molecule has 3 aromatic rings. The first-order valence-corrected chi connectivity index (χ1v) is 15.5. The highest BCUT2D eigenvalue weighted by Crippen LogP contribution is 2.40. The summed E-state index contributed by atoms with van der Waals surface area (Å²) in [6, 6.07) is 22.5. The van der Waals surface area contributed by atoms with Gasteiger partial charge in [0.2, 0.25) is 5.91 Å². The number of rotatable bonds is 13. The summed E-state index contributed by atoms with van der Waals surface area (Å²) in [5.74, 6) is 0.527. The minimum atomic E-state index is -0.191. The second kappa shape index (κ2) is 14.6. The SMILES string of the molecule is CCCCCCCCN(C(=O)CCc1cc(C(C)(C)C)c(O)c(C(C)(C)C)c1)c1ccc(Nc2ccccc2)cc1. The molecule has 0 aliphatic heterocycles. The zero-order chi connectivity index (χ0) is 30.0. The number of aryl methyl sites for hydroxylation is 1. The van der Waals surface area contributed by atoms with Crippen molar-refractivity contribution in [1.29, 1.82) is 0 Å². The van der Waals surface area contributed by atoms with Crippen LogP contribution in [0.4, 0.5) is 17.1 Å². The molecule has 0 unspecified atom stereocenters. The molecule has 0 heterocycles. The Balaban J connectivity index is 1.78. The predicted octanol–water partition coefficient (Wildman–Crippen LogP) is 10.1. The van der Waals surface area contributed by atoms with Crippen LogP contribution in [0.1, 0.15) is 110 Å². The Kier molecular flexibility index (Phi) is 11.5. The lowest BCUT2D eigenvalue weighted by molar-refractivity contribution is -0.118. The number of nitrogens with zero attached hydrogens (tertiary/aromatic N) is 1. The third kappa shape index (κ3) is 9.66. The Morgan fingerprint density at radius 2 is 1.29 bits per heavy atom. The predicted molar refractivity (Wildman–Crippen MR) is 176 cm³/mol. The Morgan fingerprint density at radius 3 is 1.85 bits per heavy atom. The summed E-state index contributed by atoms with van der Waals surface area (Å²) < 4.78 is 0. The first kappa shape index (κ1) is 32.2. The molecule has 41 heavy (non-hydrogen) atoms. The molecule has 2 N–H and O–H groups in total. The van der Waals surface area contributed by atoms with Crippen molar-refractivity contribution in [1.82, 2.24) is 0 Å². The smallest absolute Gasteiger partial charge is 0.227 e. The van der Waals surface area contributed by atoms with Crippen LogP contribution in [0.5, 0.6) is 5.75 Å². The maximum Gasteiger partial charge on any atom is 0.227 e. The fourth-order valence-corrected chi connectivity index (χ4v) is 5.23. The number of amides is 1. The van der Waals surface area contributed by atoms with E-state index in [2.05, 4.69) is 90.2 Å². The van der Waals surface area contributed by atoms with Gasteiger partial charge < -0.3 is 15.3 Å². The van der Waals surface area contributed by atoms with Gasteiger partial charge in [0.25, 0.3) is 0 Å². The normalized spacial score (nSPS) is 11.9. The van der Waals surface area contributed by atoms with Gasteiger partial charge in [0, 0.05) is 30.0 Å². The van der Waals surface area contributed by atoms with Gasteiger partial charge in [0.1, 0.15) is 5.75 Å². The third-order valence-corrected chi connectivity index (χ3v) is 7.69. The van der Waals surface area contributed by atoms with Crippen molar-refractivity contribution in [2.24, 2.45) is 0 Å². The van der Waals surface area contributed by atoms with Crippen LogP contribution in [0.25, 0.3) is 0 Å². The molecule has 0 aromatic heterocycles. The molecule has 0 spiro atoms. The number of unbranched alkanes of at least 4 members (excludes halogenated alkanes) is 5. The quantitative estimate of drug-likeness (QED) is 0.206. The van der Waals surface area contributed by atoms with Crippen LogP contribution in [-0.2, 0) is 22.0 Å². The van der Waals surface area contributed by atoms with E-state index in [0.717, 1.165) is 53.1 Å². The monoisotopic (exact) mass is 556 g/mol. The maximum atomic E-state index is 13.8. The Labute approximate surface area is 249 Å². The van der Waals surface area contributed by atoms with E-state index < -0.39 is 0 Å². The third-order valence-electron chi connectivity index (χ3n) is 7.69. The second-order valence-corrected chi connectivity index (χ2v) is 13.4. The van der Waals surface area contributed by atoms with Crippen LogP contribution in [0.2, 0.25) is 0 Å². The summed E-state index contributed by atoms with van der Waals surface area (Å²) in [5, 5.41) is 14.5. The minimum absolute atomic E-state index is 0.144. The summed E-state index contributed by atoms with van der Waals surface area (Å²) in [6.45, 7) is 15.7. The number of phenolic OH excluding ortho intramolecular Hbond substituents is 1. The largest absolute Gasteiger partial charge is 0.507 e. The number of carbonyl (C=O) groups is 1. The molecule has 4 nitrogen and oxygen atoms in total. The molecule has 1 amide bonds. The molecule has 3 aromatic carbocycles. The Bertz CT molecular complexity index is 1200. The molecule has 3 rings (SSSR count). The standard InChI is InChI=1S/C37H52N2O2/c1-8-9-10-11-12-16-25-39(31-22-20-30(21-23-31)38-29-17-14-13-15-18-29)34(40)24-19-28-26-32(36(2,3)4)35(41)33(27-28)37(5,6)7/h13-15,17-18,20-23,26-27,38,41H,8-12,16,19,24-25H2,1-7H3.